The molecule has 0 amide bonds. The lowest BCUT2D eigenvalue weighted by Crippen LogP contribution is -1.95. The van der Waals surface area contributed by atoms with E-state index >= 15 is 0 Å². The first-order chi connectivity index (χ1) is 9.74. The van der Waals surface area contributed by atoms with E-state index in [4.69, 9.17) is 23.2 Å². The first-order valence-electron chi connectivity index (χ1n) is 5.74. The van der Waals surface area contributed by atoms with Crippen molar-refractivity contribution in [3.63, 3.8) is 0 Å². The van der Waals surface area contributed by atoms with Gasteiger partial charge in [-0.25, -0.2) is 4.40 Å². The van der Waals surface area contributed by atoms with E-state index < -0.39 is 0 Å². The Bertz CT molecular complexity index is 924. The van der Waals surface area contributed by atoms with Crippen LogP contribution in [0.5, 0.6) is 0 Å². The highest BCUT2D eigenvalue weighted by atomic mass is 35.5. The maximum Gasteiger partial charge on any atom is 0.212 e. The second kappa shape index (κ2) is 4.16. The van der Waals surface area contributed by atoms with Gasteiger partial charge in [0.1, 0.15) is 0 Å². The first-order valence-corrected chi connectivity index (χ1v) is 6.49. The molecule has 3 heterocycles. The minimum absolute atomic E-state index is 0.270. The molecule has 0 atom stereocenters. The summed E-state index contributed by atoms with van der Waals surface area (Å²) in [5.74, 6) is 0.609. The Morgan fingerprint density at radius 2 is 1.85 bits per heavy atom. The quantitative estimate of drug-likeness (QED) is 0.549. The van der Waals surface area contributed by atoms with Gasteiger partial charge >= 0.3 is 0 Å². The van der Waals surface area contributed by atoms with Crippen molar-refractivity contribution in [3.05, 3.63) is 40.8 Å². The number of benzene rings is 1. The molecule has 0 saturated carbocycles. The number of aromatic nitrogens is 6. The fourth-order valence-electron chi connectivity index (χ4n) is 2.09. The van der Waals surface area contributed by atoms with E-state index in [-0.39, 0.29) is 5.28 Å². The molecule has 98 valence electrons. The largest absolute Gasteiger partial charge is 0.261 e. The fourth-order valence-corrected chi connectivity index (χ4v) is 2.46. The van der Waals surface area contributed by atoms with E-state index in [9.17, 15) is 0 Å². The highest BCUT2D eigenvalue weighted by Crippen LogP contribution is 2.26. The molecule has 4 aromatic rings. The van der Waals surface area contributed by atoms with Crippen LogP contribution >= 0.6 is 23.2 Å². The Labute approximate surface area is 122 Å². The maximum atomic E-state index is 6.22. The highest BCUT2D eigenvalue weighted by molar-refractivity contribution is 6.30. The van der Waals surface area contributed by atoms with Crippen LogP contribution in [0.2, 0.25) is 10.3 Å². The van der Waals surface area contributed by atoms with Crippen LogP contribution < -0.4 is 0 Å². The van der Waals surface area contributed by atoms with E-state index in [2.05, 4.69) is 25.4 Å². The third-order valence-electron chi connectivity index (χ3n) is 3.01. The Morgan fingerprint density at radius 3 is 2.65 bits per heavy atom. The normalized spacial score (nSPS) is 11.5. The van der Waals surface area contributed by atoms with Crippen LogP contribution in [0.1, 0.15) is 0 Å². The van der Waals surface area contributed by atoms with Gasteiger partial charge in [-0.2, -0.15) is 10.1 Å². The van der Waals surface area contributed by atoms with Crippen molar-refractivity contribution in [2.45, 2.75) is 0 Å². The first kappa shape index (κ1) is 11.6. The predicted octanol–water partition coefficient (Wildman–Crippen LogP) is 2.97. The third-order valence-corrected chi connectivity index (χ3v) is 3.52. The molecule has 0 radical (unpaired) electrons. The number of nitrogens with one attached hydrogen (secondary N) is 1. The van der Waals surface area contributed by atoms with Gasteiger partial charge in [-0.1, -0.05) is 11.6 Å². The number of halogens is 2. The molecule has 0 aliphatic heterocycles. The van der Waals surface area contributed by atoms with Crippen LogP contribution in [0.4, 0.5) is 0 Å². The van der Waals surface area contributed by atoms with E-state index in [1.165, 1.54) is 0 Å². The summed E-state index contributed by atoms with van der Waals surface area (Å²) in [7, 11) is 0. The zero-order valence-corrected chi connectivity index (χ0v) is 11.4. The Morgan fingerprint density at radius 1 is 1.05 bits per heavy atom. The van der Waals surface area contributed by atoms with Gasteiger partial charge in [0.05, 0.1) is 11.6 Å². The molecule has 0 bridgehead atoms. The van der Waals surface area contributed by atoms with Crippen molar-refractivity contribution in [3.8, 4) is 11.4 Å². The molecule has 4 rings (SSSR count). The van der Waals surface area contributed by atoms with Crippen LogP contribution in [0.15, 0.2) is 30.5 Å². The SMILES string of the molecule is Clc1ccc(-c2nnc3c4cn[nH]c4nc(Cl)n23)cc1. The number of nitrogens with zero attached hydrogens (tertiary/aromatic N) is 5. The van der Waals surface area contributed by atoms with Gasteiger partial charge in [0, 0.05) is 10.6 Å². The smallest absolute Gasteiger partial charge is 0.212 e. The van der Waals surface area contributed by atoms with Crippen LogP contribution in [-0.4, -0.2) is 29.8 Å². The summed E-state index contributed by atoms with van der Waals surface area (Å²) in [6.07, 6.45) is 1.65. The van der Waals surface area contributed by atoms with E-state index in [1.54, 1.807) is 22.7 Å². The van der Waals surface area contributed by atoms with Gasteiger partial charge in [0.15, 0.2) is 17.1 Å². The number of hydrogen-bond donors (Lipinski definition) is 1. The standard InChI is InChI=1S/C12H6Cl2N6/c13-7-3-1-6(2-4-7)10-18-19-11-8-5-15-17-9(8)16-12(14)20(10)11/h1-5H,(H,15,17). The second-order valence-corrected chi connectivity index (χ2v) is 4.98. The van der Waals surface area contributed by atoms with Crippen LogP contribution in [0.3, 0.4) is 0 Å². The second-order valence-electron chi connectivity index (χ2n) is 4.20. The summed E-state index contributed by atoms with van der Waals surface area (Å²) < 4.78 is 1.68. The predicted molar refractivity (Wildman–Crippen MR) is 75.9 cm³/mol. The summed E-state index contributed by atoms with van der Waals surface area (Å²) in [5.41, 5.74) is 2.05. The Hall–Kier alpha value is -2.18. The highest BCUT2D eigenvalue weighted by Gasteiger charge is 2.16. The summed E-state index contributed by atoms with van der Waals surface area (Å²) in [4.78, 5) is 4.24. The summed E-state index contributed by atoms with van der Waals surface area (Å²) >= 11 is 12.1. The van der Waals surface area contributed by atoms with Crippen molar-refractivity contribution in [1.29, 1.82) is 0 Å². The van der Waals surface area contributed by atoms with Gasteiger partial charge in [-0.15, -0.1) is 10.2 Å². The lowest BCUT2D eigenvalue weighted by Gasteiger charge is -2.02. The minimum atomic E-state index is 0.270. The zero-order valence-electron chi connectivity index (χ0n) is 9.88. The van der Waals surface area contributed by atoms with Gasteiger partial charge < -0.3 is 0 Å². The fraction of sp³-hybridized carbons (Fsp3) is 0. The van der Waals surface area contributed by atoms with Crippen molar-refractivity contribution in [1.82, 2.24) is 29.8 Å². The molecule has 0 unspecified atom stereocenters. The maximum absolute atomic E-state index is 6.22. The molecule has 1 aromatic carbocycles. The molecule has 0 spiro atoms. The summed E-state index contributed by atoms with van der Waals surface area (Å²) in [5, 5.41) is 16.8. The van der Waals surface area contributed by atoms with Crippen molar-refractivity contribution < 1.29 is 0 Å². The lowest BCUT2D eigenvalue weighted by atomic mass is 10.2. The molecule has 6 nitrogen and oxygen atoms in total. The van der Waals surface area contributed by atoms with Crippen molar-refractivity contribution in [2.24, 2.45) is 0 Å². The van der Waals surface area contributed by atoms with E-state index in [0.717, 1.165) is 10.9 Å². The van der Waals surface area contributed by atoms with Gasteiger partial charge in [-0.05, 0) is 35.9 Å². The Kier molecular flexibility index (Phi) is 2.42. The summed E-state index contributed by atoms with van der Waals surface area (Å²) in [6.45, 7) is 0. The number of aromatic amines is 1. The van der Waals surface area contributed by atoms with Gasteiger partial charge in [-0.3, -0.25) is 5.10 Å². The zero-order chi connectivity index (χ0) is 13.7. The topological polar surface area (TPSA) is 71.8 Å². The van der Waals surface area contributed by atoms with E-state index in [1.807, 2.05) is 12.1 Å². The van der Waals surface area contributed by atoms with Crippen LogP contribution in [-0.2, 0) is 0 Å². The average Bonchev–Trinajstić information content (AvgIpc) is 3.05. The number of hydrogen-bond acceptors (Lipinski definition) is 4. The molecular formula is C12H6Cl2N6. The molecule has 1 N–H and O–H groups in total. The minimum Gasteiger partial charge on any atom is -0.261 e. The number of fused-ring (bicyclic) bond motifs is 3. The van der Waals surface area contributed by atoms with Crippen LogP contribution in [0, 0.1) is 0 Å². The molecule has 3 aromatic heterocycles. The summed E-state index contributed by atoms with van der Waals surface area (Å²) in [6, 6.07) is 7.29. The Balaban J connectivity index is 2.08. The van der Waals surface area contributed by atoms with Crippen molar-refractivity contribution in [2.75, 3.05) is 0 Å². The van der Waals surface area contributed by atoms with Crippen LogP contribution in [0.25, 0.3) is 28.1 Å². The lowest BCUT2D eigenvalue weighted by molar-refractivity contribution is 1.06. The monoisotopic (exact) mass is 304 g/mol. The van der Waals surface area contributed by atoms with Gasteiger partial charge in [0.2, 0.25) is 5.28 Å². The average molecular weight is 305 g/mol. The molecule has 0 fully saturated rings. The molecule has 0 aliphatic carbocycles. The number of rotatable bonds is 1. The molecule has 20 heavy (non-hydrogen) atoms. The molecule has 0 saturated heterocycles. The molecule has 0 aliphatic rings. The third kappa shape index (κ3) is 1.59. The van der Waals surface area contributed by atoms with E-state index in [0.29, 0.717) is 22.1 Å². The molecular weight excluding hydrogens is 299 g/mol. The van der Waals surface area contributed by atoms with Crippen molar-refractivity contribution >= 4 is 39.9 Å². The molecule has 8 heteroatoms. The van der Waals surface area contributed by atoms with Gasteiger partial charge in [0.25, 0.3) is 0 Å². The number of H-pyrrole nitrogens is 1.